The summed E-state index contributed by atoms with van der Waals surface area (Å²) in [6, 6.07) is 13.4. The number of nitrogens with zero attached hydrogens (tertiary/aromatic N) is 1. The molecule has 0 spiro atoms. The summed E-state index contributed by atoms with van der Waals surface area (Å²) in [5.41, 5.74) is 0.943. The second-order valence-corrected chi connectivity index (χ2v) is 5.90. The first kappa shape index (κ1) is 16.2. The third-order valence-electron chi connectivity index (χ3n) is 3.83. The van der Waals surface area contributed by atoms with Gasteiger partial charge in [-0.3, -0.25) is 14.4 Å². The van der Waals surface area contributed by atoms with Gasteiger partial charge in [0.1, 0.15) is 5.75 Å². The van der Waals surface area contributed by atoms with Gasteiger partial charge in [-0.15, -0.1) is 0 Å². The summed E-state index contributed by atoms with van der Waals surface area (Å²) < 4.78 is 5.30. The minimum atomic E-state index is -0.587. The second kappa shape index (κ2) is 6.84. The highest BCUT2D eigenvalue weighted by Crippen LogP contribution is 2.28. The van der Waals surface area contributed by atoms with Crippen molar-refractivity contribution in [3.05, 3.63) is 59.1 Å². The molecule has 1 fully saturated rings. The summed E-state index contributed by atoms with van der Waals surface area (Å²) in [5, 5.41) is 0.520. The Balaban J connectivity index is 1.73. The van der Waals surface area contributed by atoms with Crippen LogP contribution in [0.3, 0.4) is 0 Å². The molecule has 1 amide bonds. The first-order valence-corrected chi connectivity index (χ1v) is 7.78. The maximum atomic E-state index is 12.3. The lowest BCUT2D eigenvalue weighted by molar-refractivity contribution is -0.139. The van der Waals surface area contributed by atoms with Gasteiger partial charge in [-0.2, -0.15) is 0 Å². The van der Waals surface area contributed by atoms with Crippen molar-refractivity contribution in [3.8, 4) is 5.75 Å². The molecule has 1 atom stereocenters. The number of ether oxygens (including phenoxy) is 1. The largest absolute Gasteiger partial charge is 0.425 e. The fourth-order valence-corrected chi connectivity index (χ4v) is 2.81. The van der Waals surface area contributed by atoms with Crippen LogP contribution in [0.15, 0.2) is 48.5 Å². The predicted molar refractivity (Wildman–Crippen MR) is 89.4 cm³/mol. The molecule has 0 aromatic heterocycles. The average Bonchev–Trinajstić information content (AvgIpc) is 2.97. The van der Waals surface area contributed by atoms with Gasteiger partial charge in [0.15, 0.2) is 6.29 Å². The number of para-hydroxylation sites is 1. The van der Waals surface area contributed by atoms with Crippen LogP contribution in [0.2, 0.25) is 5.02 Å². The molecule has 6 heteroatoms. The lowest BCUT2D eigenvalue weighted by Gasteiger charge is -2.16. The van der Waals surface area contributed by atoms with Crippen LogP contribution < -0.4 is 9.64 Å². The molecule has 2 aromatic carbocycles. The minimum Gasteiger partial charge on any atom is -0.425 e. The van der Waals surface area contributed by atoms with E-state index in [1.54, 1.807) is 48.5 Å². The number of amides is 1. The van der Waals surface area contributed by atoms with Crippen LogP contribution in [0.5, 0.6) is 5.75 Å². The number of carbonyl (C=O) groups excluding carboxylic acids is 3. The first-order chi connectivity index (χ1) is 11.6. The van der Waals surface area contributed by atoms with E-state index in [1.165, 1.54) is 4.90 Å². The van der Waals surface area contributed by atoms with Crippen molar-refractivity contribution in [3.63, 3.8) is 0 Å². The number of anilines is 1. The maximum Gasteiger partial charge on any atom is 0.316 e. The Morgan fingerprint density at radius 1 is 1.21 bits per heavy atom. The molecule has 122 valence electrons. The quantitative estimate of drug-likeness (QED) is 0.486. The summed E-state index contributed by atoms with van der Waals surface area (Å²) in [6.07, 6.45) is 0.690. The van der Waals surface area contributed by atoms with E-state index in [2.05, 4.69) is 0 Å². The van der Waals surface area contributed by atoms with Crippen molar-refractivity contribution in [1.82, 2.24) is 0 Å². The van der Waals surface area contributed by atoms with E-state index >= 15 is 0 Å². The molecule has 5 nitrogen and oxygen atoms in total. The van der Waals surface area contributed by atoms with Crippen molar-refractivity contribution >= 4 is 35.5 Å². The highest BCUT2D eigenvalue weighted by Gasteiger charge is 2.36. The Morgan fingerprint density at radius 2 is 2.00 bits per heavy atom. The van der Waals surface area contributed by atoms with Gasteiger partial charge in [-0.1, -0.05) is 29.8 Å². The first-order valence-electron chi connectivity index (χ1n) is 7.40. The van der Waals surface area contributed by atoms with Gasteiger partial charge >= 0.3 is 5.97 Å². The Kier molecular flexibility index (Phi) is 4.62. The topological polar surface area (TPSA) is 63.7 Å². The van der Waals surface area contributed by atoms with Crippen molar-refractivity contribution in [2.75, 3.05) is 11.4 Å². The van der Waals surface area contributed by atoms with Crippen molar-refractivity contribution < 1.29 is 19.1 Å². The second-order valence-electron chi connectivity index (χ2n) is 5.46. The van der Waals surface area contributed by atoms with Crippen LogP contribution in [-0.2, 0) is 9.59 Å². The van der Waals surface area contributed by atoms with Crippen molar-refractivity contribution in [2.24, 2.45) is 5.92 Å². The Hall–Kier alpha value is -2.66. The van der Waals surface area contributed by atoms with Crippen LogP contribution in [-0.4, -0.2) is 24.7 Å². The predicted octanol–water partition coefficient (Wildman–Crippen LogP) is 3.11. The summed E-state index contributed by atoms with van der Waals surface area (Å²) in [5.74, 6) is -1.08. The van der Waals surface area contributed by atoms with E-state index < -0.39 is 11.9 Å². The number of hydrogen-bond donors (Lipinski definition) is 0. The van der Waals surface area contributed by atoms with Crippen LogP contribution in [0.4, 0.5) is 5.69 Å². The molecule has 1 heterocycles. The number of halogens is 1. The summed E-state index contributed by atoms with van der Waals surface area (Å²) in [7, 11) is 0. The summed E-state index contributed by atoms with van der Waals surface area (Å²) in [6.45, 7) is 0.223. The molecule has 2 aromatic rings. The fourth-order valence-electron chi connectivity index (χ4n) is 2.62. The molecule has 3 rings (SSSR count). The number of benzene rings is 2. The molecule has 0 N–H and O–H groups in total. The summed E-state index contributed by atoms with van der Waals surface area (Å²) >= 11 is 5.95. The zero-order valence-electron chi connectivity index (χ0n) is 12.6. The molecule has 1 aliphatic heterocycles. The third-order valence-corrected chi connectivity index (χ3v) is 4.07. The summed E-state index contributed by atoms with van der Waals surface area (Å²) in [4.78, 5) is 37.0. The molecule has 0 bridgehead atoms. The minimum absolute atomic E-state index is 0.0641. The highest BCUT2D eigenvalue weighted by molar-refractivity contribution is 6.31. The maximum absolute atomic E-state index is 12.3. The molecule has 1 saturated heterocycles. The number of hydrogen-bond acceptors (Lipinski definition) is 4. The van der Waals surface area contributed by atoms with Crippen LogP contribution in [0.25, 0.3) is 0 Å². The molecule has 0 radical (unpaired) electrons. The molecule has 24 heavy (non-hydrogen) atoms. The molecule has 0 aliphatic carbocycles. The Bertz CT molecular complexity index is 805. The van der Waals surface area contributed by atoms with E-state index in [1.807, 2.05) is 0 Å². The van der Waals surface area contributed by atoms with E-state index in [0.717, 1.165) is 0 Å². The van der Waals surface area contributed by atoms with Crippen LogP contribution in [0.1, 0.15) is 16.8 Å². The van der Waals surface area contributed by atoms with Gasteiger partial charge in [0.25, 0.3) is 0 Å². The SMILES string of the molecule is O=Cc1ccccc1OC(=O)[C@H]1CC(=O)N(c2cccc(Cl)c2)C1. The van der Waals surface area contributed by atoms with Gasteiger partial charge in [-0.25, -0.2) is 0 Å². The zero-order chi connectivity index (χ0) is 17.1. The van der Waals surface area contributed by atoms with Gasteiger partial charge < -0.3 is 9.64 Å². The average molecular weight is 344 g/mol. The number of carbonyl (C=O) groups is 3. The number of aldehydes is 1. The normalized spacial score (nSPS) is 17.0. The molecule has 0 saturated carbocycles. The highest BCUT2D eigenvalue weighted by atomic mass is 35.5. The Labute approximate surface area is 143 Å². The standard InChI is InChI=1S/C18H14ClNO4/c19-14-5-3-6-15(9-14)20-10-13(8-17(20)22)18(23)24-16-7-2-1-4-12(16)11-21/h1-7,9,11,13H,8,10H2/t13-/m0/s1. The van der Waals surface area contributed by atoms with Crippen molar-refractivity contribution in [2.45, 2.75) is 6.42 Å². The van der Waals surface area contributed by atoms with Gasteiger partial charge in [0.2, 0.25) is 5.91 Å². The van der Waals surface area contributed by atoms with E-state index in [0.29, 0.717) is 22.6 Å². The van der Waals surface area contributed by atoms with E-state index in [9.17, 15) is 14.4 Å². The third kappa shape index (κ3) is 3.31. The van der Waals surface area contributed by atoms with Gasteiger partial charge in [-0.05, 0) is 30.3 Å². The van der Waals surface area contributed by atoms with Crippen LogP contribution >= 0.6 is 11.6 Å². The van der Waals surface area contributed by atoms with Gasteiger partial charge in [0.05, 0.1) is 11.5 Å². The van der Waals surface area contributed by atoms with E-state index in [-0.39, 0.29) is 24.6 Å². The Morgan fingerprint density at radius 3 is 2.75 bits per heavy atom. The number of rotatable bonds is 4. The lowest BCUT2D eigenvalue weighted by Crippen LogP contribution is -2.27. The lowest BCUT2D eigenvalue weighted by atomic mass is 10.1. The molecule has 0 unspecified atom stereocenters. The van der Waals surface area contributed by atoms with Crippen molar-refractivity contribution in [1.29, 1.82) is 0 Å². The molecular formula is C18H14ClNO4. The monoisotopic (exact) mass is 343 g/mol. The smallest absolute Gasteiger partial charge is 0.316 e. The fraction of sp³-hybridized carbons (Fsp3) is 0.167. The molecule has 1 aliphatic rings. The number of esters is 1. The zero-order valence-corrected chi connectivity index (χ0v) is 13.4. The van der Waals surface area contributed by atoms with Crippen LogP contribution in [0, 0.1) is 5.92 Å². The van der Waals surface area contributed by atoms with E-state index in [4.69, 9.17) is 16.3 Å². The molecular weight excluding hydrogens is 330 g/mol. The van der Waals surface area contributed by atoms with Gasteiger partial charge in [0, 0.05) is 23.7 Å².